The summed E-state index contributed by atoms with van der Waals surface area (Å²) in [5.41, 5.74) is 2.46. The summed E-state index contributed by atoms with van der Waals surface area (Å²) in [6, 6.07) is 4.11. The van der Waals surface area contributed by atoms with E-state index < -0.39 is 11.7 Å². The van der Waals surface area contributed by atoms with Crippen LogP contribution in [0.5, 0.6) is 0 Å². The number of aromatic nitrogens is 3. The van der Waals surface area contributed by atoms with Gasteiger partial charge in [-0.3, -0.25) is 0 Å². The van der Waals surface area contributed by atoms with Crippen LogP contribution in [0.3, 0.4) is 0 Å². The van der Waals surface area contributed by atoms with E-state index in [1.165, 1.54) is 0 Å². The number of methoxy groups -OCH3 is 1. The highest BCUT2D eigenvalue weighted by molar-refractivity contribution is 5.88. The lowest BCUT2D eigenvalue weighted by atomic mass is 10.0. The van der Waals surface area contributed by atoms with Gasteiger partial charge in [0.15, 0.2) is 5.82 Å². The lowest BCUT2D eigenvalue weighted by molar-refractivity contribution is -0.137. The van der Waals surface area contributed by atoms with Gasteiger partial charge in [0.25, 0.3) is 0 Å². The molecule has 0 aliphatic rings. The maximum absolute atomic E-state index is 13.0. The van der Waals surface area contributed by atoms with Crippen LogP contribution in [-0.4, -0.2) is 28.3 Å². The van der Waals surface area contributed by atoms with E-state index in [-0.39, 0.29) is 0 Å². The van der Waals surface area contributed by atoms with Gasteiger partial charge in [-0.1, -0.05) is 0 Å². The Morgan fingerprint density at radius 2 is 1.85 bits per heavy atom. The molecule has 138 valence electrons. The molecular weight excluding hydrogens is 345 g/mol. The number of ether oxygens (including phenoxy) is 1. The Balaban J connectivity index is 1.98. The predicted octanol–water partition coefficient (Wildman–Crippen LogP) is 4.46. The maximum Gasteiger partial charge on any atom is 0.416 e. The fraction of sp³-hybridized carbons (Fsp3) is 0.333. The van der Waals surface area contributed by atoms with Crippen LogP contribution in [0.15, 0.2) is 30.7 Å². The zero-order chi connectivity index (χ0) is 18.9. The zero-order valence-corrected chi connectivity index (χ0v) is 14.7. The van der Waals surface area contributed by atoms with Crippen molar-refractivity contribution in [3.8, 4) is 0 Å². The van der Waals surface area contributed by atoms with Gasteiger partial charge in [0.1, 0.15) is 5.52 Å². The van der Waals surface area contributed by atoms with Crippen LogP contribution >= 0.6 is 0 Å². The monoisotopic (exact) mass is 364 g/mol. The third kappa shape index (κ3) is 3.50. The van der Waals surface area contributed by atoms with Gasteiger partial charge in [0.2, 0.25) is 0 Å². The highest BCUT2D eigenvalue weighted by Crippen LogP contribution is 2.35. The number of hydrogen-bond donors (Lipinski definition) is 1. The van der Waals surface area contributed by atoms with Crippen LogP contribution in [0.25, 0.3) is 11.0 Å². The molecule has 0 radical (unpaired) electrons. The standard InChI is InChI=1S/C18H19F3N4O/c1-11-8-13(18(19,20)21)9-12(2)15(11)24-17-16-14(4-5-22-17)25(10-23-16)6-7-26-3/h4-5,8-10H,6-7H2,1-3H3,(H,22,24). The molecule has 8 heteroatoms. The van der Waals surface area contributed by atoms with Crippen molar-refractivity contribution in [2.45, 2.75) is 26.6 Å². The second-order valence-electron chi connectivity index (χ2n) is 6.07. The second-order valence-corrected chi connectivity index (χ2v) is 6.07. The van der Waals surface area contributed by atoms with E-state index in [2.05, 4.69) is 15.3 Å². The number of rotatable bonds is 5. The number of alkyl halides is 3. The fourth-order valence-electron chi connectivity index (χ4n) is 2.89. The molecule has 3 rings (SSSR count). The van der Waals surface area contributed by atoms with Crippen LogP contribution in [0, 0.1) is 13.8 Å². The number of halogens is 3. The van der Waals surface area contributed by atoms with E-state index in [1.807, 2.05) is 10.6 Å². The van der Waals surface area contributed by atoms with E-state index in [0.29, 0.717) is 41.3 Å². The van der Waals surface area contributed by atoms with Crippen LogP contribution in [-0.2, 0) is 17.5 Å². The first kappa shape index (κ1) is 18.2. The highest BCUT2D eigenvalue weighted by Gasteiger charge is 2.31. The summed E-state index contributed by atoms with van der Waals surface area (Å²) in [6.07, 6.45) is -1.03. The Bertz CT molecular complexity index is 911. The van der Waals surface area contributed by atoms with Crippen LogP contribution < -0.4 is 5.32 Å². The topological polar surface area (TPSA) is 52.0 Å². The molecule has 1 aromatic carbocycles. The summed E-state index contributed by atoms with van der Waals surface area (Å²) in [7, 11) is 1.63. The van der Waals surface area contributed by atoms with Gasteiger partial charge in [0.05, 0.1) is 24.0 Å². The Morgan fingerprint density at radius 3 is 2.46 bits per heavy atom. The van der Waals surface area contributed by atoms with Gasteiger partial charge in [-0.2, -0.15) is 13.2 Å². The van der Waals surface area contributed by atoms with Gasteiger partial charge in [0, 0.05) is 25.5 Å². The Kier molecular flexibility index (Phi) is 4.86. The number of benzene rings is 1. The zero-order valence-electron chi connectivity index (χ0n) is 14.7. The van der Waals surface area contributed by atoms with Crippen LogP contribution in [0.2, 0.25) is 0 Å². The summed E-state index contributed by atoms with van der Waals surface area (Å²) in [5.74, 6) is 0.504. The van der Waals surface area contributed by atoms with Gasteiger partial charge in [-0.05, 0) is 43.2 Å². The molecule has 0 aliphatic heterocycles. The van der Waals surface area contributed by atoms with Gasteiger partial charge in [-0.25, -0.2) is 9.97 Å². The van der Waals surface area contributed by atoms with E-state index in [0.717, 1.165) is 17.6 Å². The summed E-state index contributed by atoms with van der Waals surface area (Å²) in [4.78, 5) is 8.70. The molecule has 26 heavy (non-hydrogen) atoms. The lowest BCUT2D eigenvalue weighted by Gasteiger charge is -2.16. The molecule has 0 saturated carbocycles. The predicted molar refractivity (Wildman–Crippen MR) is 93.6 cm³/mol. The van der Waals surface area contributed by atoms with Crippen molar-refractivity contribution in [3.63, 3.8) is 0 Å². The molecule has 2 aromatic heterocycles. The molecule has 0 spiro atoms. The largest absolute Gasteiger partial charge is 0.416 e. The van der Waals surface area contributed by atoms with Gasteiger partial charge >= 0.3 is 6.18 Å². The molecular formula is C18H19F3N4O. The van der Waals surface area contributed by atoms with Crippen LogP contribution in [0.4, 0.5) is 24.7 Å². The molecule has 0 aliphatic carbocycles. The molecule has 3 aromatic rings. The molecule has 0 amide bonds. The van der Waals surface area contributed by atoms with Crippen LogP contribution in [0.1, 0.15) is 16.7 Å². The Morgan fingerprint density at radius 1 is 1.15 bits per heavy atom. The van der Waals surface area contributed by atoms with Crippen molar-refractivity contribution in [3.05, 3.63) is 47.4 Å². The number of fused-ring (bicyclic) bond motifs is 1. The normalized spacial score (nSPS) is 11.9. The average Bonchev–Trinajstić information content (AvgIpc) is 2.99. The fourth-order valence-corrected chi connectivity index (χ4v) is 2.89. The quantitative estimate of drug-likeness (QED) is 0.726. The first-order valence-corrected chi connectivity index (χ1v) is 8.05. The summed E-state index contributed by atoms with van der Waals surface area (Å²) in [5, 5.41) is 3.15. The van der Waals surface area contributed by atoms with E-state index in [4.69, 9.17) is 4.74 Å². The van der Waals surface area contributed by atoms with Crippen molar-refractivity contribution in [2.24, 2.45) is 0 Å². The number of nitrogens with zero attached hydrogens (tertiary/aromatic N) is 3. The molecule has 0 saturated heterocycles. The number of nitrogens with one attached hydrogen (secondary N) is 1. The summed E-state index contributed by atoms with van der Waals surface area (Å²) >= 11 is 0. The molecule has 2 heterocycles. The smallest absolute Gasteiger partial charge is 0.383 e. The Labute approximate surface area is 148 Å². The minimum absolute atomic E-state index is 0.495. The maximum atomic E-state index is 13.0. The molecule has 0 unspecified atom stereocenters. The molecule has 5 nitrogen and oxygen atoms in total. The molecule has 1 N–H and O–H groups in total. The number of pyridine rings is 1. The number of anilines is 2. The summed E-state index contributed by atoms with van der Waals surface area (Å²) < 4.78 is 45.9. The number of imidazole rings is 1. The van der Waals surface area contributed by atoms with E-state index in [9.17, 15) is 13.2 Å². The van der Waals surface area contributed by atoms with Crippen molar-refractivity contribution in [2.75, 3.05) is 19.0 Å². The number of hydrogen-bond acceptors (Lipinski definition) is 4. The van der Waals surface area contributed by atoms with E-state index >= 15 is 0 Å². The highest BCUT2D eigenvalue weighted by atomic mass is 19.4. The molecule has 0 bridgehead atoms. The van der Waals surface area contributed by atoms with Crippen molar-refractivity contribution in [1.82, 2.24) is 14.5 Å². The van der Waals surface area contributed by atoms with E-state index in [1.54, 1.807) is 33.5 Å². The second kappa shape index (κ2) is 6.95. The first-order chi connectivity index (χ1) is 12.3. The first-order valence-electron chi connectivity index (χ1n) is 8.05. The van der Waals surface area contributed by atoms with Gasteiger partial charge in [-0.15, -0.1) is 0 Å². The van der Waals surface area contributed by atoms with Crippen molar-refractivity contribution in [1.29, 1.82) is 0 Å². The van der Waals surface area contributed by atoms with Gasteiger partial charge < -0.3 is 14.6 Å². The minimum Gasteiger partial charge on any atom is -0.383 e. The molecule has 0 fully saturated rings. The number of aryl methyl sites for hydroxylation is 2. The molecule has 0 atom stereocenters. The lowest BCUT2D eigenvalue weighted by Crippen LogP contribution is -2.08. The SMILES string of the molecule is COCCn1cnc2c(Nc3c(C)cc(C(F)(F)F)cc3C)nccc21. The summed E-state index contributed by atoms with van der Waals surface area (Å²) in [6.45, 7) is 4.48. The van der Waals surface area contributed by atoms with Crippen molar-refractivity contribution >= 4 is 22.5 Å². The van der Waals surface area contributed by atoms with Crippen molar-refractivity contribution < 1.29 is 17.9 Å². The average molecular weight is 364 g/mol. The Hall–Kier alpha value is -2.61. The third-order valence-corrected chi connectivity index (χ3v) is 4.18. The third-order valence-electron chi connectivity index (χ3n) is 4.18. The minimum atomic E-state index is -4.37.